The highest BCUT2D eigenvalue weighted by atomic mass is 14.4. The number of benzene rings is 2. The smallest absolute Gasteiger partial charge is 0.000698 e. The topological polar surface area (TPSA) is 0 Å². The monoisotopic (exact) mass is 384 g/mol. The quantitative estimate of drug-likeness (QED) is 0.422. The molecule has 0 nitrogen and oxygen atoms in total. The van der Waals surface area contributed by atoms with E-state index in [1.807, 2.05) is 0 Å². The molecule has 0 bridgehead atoms. The summed E-state index contributed by atoms with van der Waals surface area (Å²) in [4.78, 5) is 0. The molecule has 4 rings (SSSR count). The predicted molar refractivity (Wildman–Crippen MR) is 128 cm³/mol. The van der Waals surface area contributed by atoms with Crippen molar-refractivity contribution in [3.05, 3.63) is 74.9 Å². The highest BCUT2D eigenvalue weighted by Crippen LogP contribution is 2.52. The highest BCUT2D eigenvalue weighted by Gasteiger charge is 2.33. The van der Waals surface area contributed by atoms with E-state index in [0.29, 0.717) is 17.8 Å². The van der Waals surface area contributed by atoms with Crippen LogP contribution in [0.5, 0.6) is 0 Å². The summed E-state index contributed by atoms with van der Waals surface area (Å²) in [5.74, 6) is 1.59. The molecule has 0 saturated carbocycles. The van der Waals surface area contributed by atoms with Gasteiger partial charge in [-0.2, -0.15) is 0 Å². The Kier molecular flexibility index (Phi) is 5.09. The summed E-state index contributed by atoms with van der Waals surface area (Å²) in [5, 5.41) is 0. The van der Waals surface area contributed by atoms with Crippen molar-refractivity contribution in [1.29, 1.82) is 0 Å². The molecule has 0 fully saturated rings. The van der Waals surface area contributed by atoms with Gasteiger partial charge < -0.3 is 0 Å². The molecular formula is C29H36. The van der Waals surface area contributed by atoms with Gasteiger partial charge in [0.15, 0.2) is 0 Å². The number of aryl methyl sites for hydroxylation is 1. The Balaban J connectivity index is 2.16. The molecule has 0 N–H and O–H groups in total. The number of fused-ring (bicyclic) bond motifs is 3. The van der Waals surface area contributed by atoms with Crippen LogP contribution in [0, 0.1) is 13.8 Å². The molecule has 0 aliphatic heterocycles. The first-order chi connectivity index (χ1) is 13.7. The van der Waals surface area contributed by atoms with Crippen LogP contribution in [0.4, 0.5) is 0 Å². The zero-order valence-corrected chi connectivity index (χ0v) is 19.5. The van der Waals surface area contributed by atoms with Crippen molar-refractivity contribution in [1.82, 2.24) is 0 Å². The van der Waals surface area contributed by atoms with Gasteiger partial charge in [-0.15, -0.1) is 0 Å². The summed E-state index contributed by atoms with van der Waals surface area (Å²) in [6.07, 6.45) is 9.03. The van der Waals surface area contributed by atoms with Crippen LogP contribution in [0.15, 0.2) is 30.4 Å². The molecule has 0 atom stereocenters. The van der Waals surface area contributed by atoms with Crippen molar-refractivity contribution in [3.63, 3.8) is 0 Å². The summed E-state index contributed by atoms with van der Waals surface area (Å²) >= 11 is 0. The first-order valence-electron chi connectivity index (χ1n) is 11.4. The van der Waals surface area contributed by atoms with E-state index in [9.17, 15) is 0 Å². The van der Waals surface area contributed by atoms with Crippen molar-refractivity contribution in [2.24, 2.45) is 0 Å². The summed E-state index contributed by atoms with van der Waals surface area (Å²) in [5.41, 5.74) is 17.0. The molecule has 2 aliphatic carbocycles. The largest absolute Gasteiger partial charge is 0.0801 e. The van der Waals surface area contributed by atoms with Crippen LogP contribution >= 0.6 is 0 Å². The minimum absolute atomic E-state index is 0.525. The van der Waals surface area contributed by atoms with Crippen molar-refractivity contribution in [2.45, 2.75) is 86.0 Å². The number of hydrogen-bond donors (Lipinski definition) is 0. The Morgan fingerprint density at radius 2 is 1.45 bits per heavy atom. The Labute approximate surface area is 177 Å². The van der Waals surface area contributed by atoms with Crippen LogP contribution in [0.25, 0.3) is 16.7 Å². The fourth-order valence-electron chi connectivity index (χ4n) is 5.84. The van der Waals surface area contributed by atoms with E-state index in [4.69, 9.17) is 0 Å². The number of allylic oxidation sites excluding steroid dienone is 4. The van der Waals surface area contributed by atoms with E-state index in [0.717, 1.165) is 12.8 Å². The molecule has 0 saturated heterocycles. The third kappa shape index (κ3) is 3.12. The van der Waals surface area contributed by atoms with Gasteiger partial charge in [-0.05, 0) is 100 Å². The lowest BCUT2D eigenvalue weighted by Gasteiger charge is -2.28. The lowest BCUT2D eigenvalue weighted by molar-refractivity contribution is 0.782. The second-order valence-corrected chi connectivity index (χ2v) is 10.0. The Bertz CT molecular complexity index is 1040. The van der Waals surface area contributed by atoms with Crippen LogP contribution in [0.2, 0.25) is 0 Å². The molecule has 0 radical (unpaired) electrons. The molecule has 152 valence electrons. The summed E-state index contributed by atoms with van der Waals surface area (Å²) < 4.78 is 0. The van der Waals surface area contributed by atoms with Crippen LogP contribution < -0.4 is 0 Å². The molecule has 2 aromatic rings. The highest BCUT2D eigenvalue weighted by molar-refractivity contribution is 5.91. The summed E-state index contributed by atoms with van der Waals surface area (Å²) in [6, 6.07) is 4.88. The maximum atomic E-state index is 2.45. The predicted octanol–water partition coefficient (Wildman–Crippen LogP) is 8.59. The van der Waals surface area contributed by atoms with E-state index >= 15 is 0 Å². The van der Waals surface area contributed by atoms with E-state index in [1.54, 1.807) is 38.9 Å². The SMILES string of the molecule is Cc1cc2c(c(C(C)C)c1)-c1c(c(C3=CC=CC3)c(C)c(C(C)C)c1C(C)C)C2. The lowest BCUT2D eigenvalue weighted by atomic mass is 9.76. The second-order valence-electron chi connectivity index (χ2n) is 10.0. The molecule has 0 spiro atoms. The molecule has 0 heterocycles. The number of rotatable bonds is 4. The van der Waals surface area contributed by atoms with Gasteiger partial charge in [0, 0.05) is 0 Å². The van der Waals surface area contributed by atoms with Crippen molar-refractivity contribution in [2.75, 3.05) is 0 Å². The Hall–Kier alpha value is -2.08. The molecule has 0 amide bonds. The maximum Gasteiger partial charge on any atom is -0.000698 e. The van der Waals surface area contributed by atoms with Gasteiger partial charge in [0.1, 0.15) is 0 Å². The first kappa shape index (κ1) is 20.2. The average Bonchev–Trinajstić information content (AvgIpc) is 3.26. The zero-order valence-electron chi connectivity index (χ0n) is 19.5. The average molecular weight is 385 g/mol. The van der Waals surface area contributed by atoms with Crippen LogP contribution in [-0.4, -0.2) is 0 Å². The molecule has 0 aromatic heterocycles. The maximum absolute atomic E-state index is 2.45. The summed E-state index contributed by atoms with van der Waals surface area (Å²) in [6.45, 7) is 18.9. The van der Waals surface area contributed by atoms with Crippen LogP contribution in [-0.2, 0) is 6.42 Å². The molecule has 29 heavy (non-hydrogen) atoms. The minimum atomic E-state index is 0.525. The molecular weight excluding hydrogens is 348 g/mol. The molecule has 2 aromatic carbocycles. The third-order valence-corrected chi connectivity index (χ3v) is 6.82. The fraction of sp³-hybridized carbons (Fsp3) is 0.448. The third-order valence-electron chi connectivity index (χ3n) is 6.82. The van der Waals surface area contributed by atoms with Crippen molar-refractivity contribution in [3.8, 4) is 11.1 Å². The van der Waals surface area contributed by atoms with E-state index in [2.05, 4.69) is 85.8 Å². The van der Waals surface area contributed by atoms with E-state index in [-0.39, 0.29) is 0 Å². The number of hydrogen-bond acceptors (Lipinski definition) is 0. The lowest BCUT2D eigenvalue weighted by Crippen LogP contribution is -2.10. The fourth-order valence-corrected chi connectivity index (χ4v) is 5.84. The van der Waals surface area contributed by atoms with Gasteiger partial charge in [-0.25, -0.2) is 0 Å². The van der Waals surface area contributed by atoms with Crippen molar-refractivity contribution < 1.29 is 0 Å². The van der Waals surface area contributed by atoms with Crippen molar-refractivity contribution >= 4 is 5.57 Å². The van der Waals surface area contributed by atoms with Gasteiger partial charge in [0.05, 0.1) is 0 Å². The van der Waals surface area contributed by atoms with Gasteiger partial charge in [-0.1, -0.05) is 77.5 Å². The second kappa shape index (κ2) is 7.31. The minimum Gasteiger partial charge on any atom is -0.0801 e. The standard InChI is InChI=1S/C29H36/c1-16(2)23-14-19(7)13-22-15-24-27(21-11-9-10-12-21)20(8)25(17(3)4)26(18(5)6)29(24)28(22)23/h9-11,13-14,16-18H,12,15H2,1-8H3. The van der Waals surface area contributed by atoms with Gasteiger partial charge in [0.2, 0.25) is 0 Å². The Morgan fingerprint density at radius 3 is 2.00 bits per heavy atom. The van der Waals surface area contributed by atoms with E-state index < -0.39 is 0 Å². The molecule has 2 aliphatic rings. The van der Waals surface area contributed by atoms with Gasteiger partial charge in [0.25, 0.3) is 0 Å². The summed E-state index contributed by atoms with van der Waals surface area (Å²) in [7, 11) is 0. The van der Waals surface area contributed by atoms with E-state index in [1.165, 1.54) is 22.3 Å². The van der Waals surface area contributed by atoms with Gasteiger partial charge in [-0.3, -0.25) is 0 Å². The molecule has 0 heteroatoms. The van der Waals surface area contributed by atoms with Crippen LogP contribution in [0.1, 0.15) is 110 Å². The van der Waals surface area contributed by atoms with Crippen LogP contribution in [0.3, 0.4) is 0 Å². The zero-order chi connectivity index (χ0) is 21.0. The van der Waals surface area contributed by atoms with Gasteiger partial charge >= 0.3 is 0 Å². The normalized spacial score (nSPS) is 14.9. The Morgan fingerprint density at radius 1 is 0.759 bits per heavy atom. The first-order valence-corrected chi connectivity index (χ1v) is 11.4. The molecule has 0 unspecified atom stereocenters.